The summed E-state index contributed by atoms with van der Waals surface area (Å²) in [7, 11) is 1.55. The van der Waals surface area contributed by atoms with Gasteiger partial charge in [-0.25, -0.2) is 14.4 Å². The van der Waals surface area contributed by atoms with Crippen molar-refractivity contribution in [2.24, 2.45) is 5.73 Å². The lowest BCUT2D eigenvalue weighted by molar-refractivity contribution is -0.118. The summed E-state index contributed by atoms with van der Waals surface area (Å²) in [5, 5.41) is 3.94. The molecule has 162 valence electrons. The summed E-state index contributed by atoms with van der Waals surface area (Å²) in [6, 6.07) is 13.8. The number of primary amides is 1. The lowest BCUT2D eigenvalue weighted by Crippen LogP contribution is -2.13. The number of nitrogens with zero attached hydrogens (tertiary/aromatic N) is 3. The number of anilines is 1. The molecular weight excluding hydrogens is 409 g/mol. The van der Waals surface area contributed by atoms with E-state index in [0.717, 1.165) is 5.56 Å². The molecule has 2 heterocycles. The normalized spacial score (nSPS) is 10.8. The Balaban J connectivity index is 1.87. The number of halogens is 1. The van der Waals surface area contributed by atoms with Crippen molar-refractivity contribution in [2.45, 2.75) is 12.8 Å². The monoisotopic (exact) mass is 431 g/mol. The third-order valence-corrected chi connectivity index (χ3v) is 4.98. The number of hydrogen-bond acceptors (Lipinski definition) is 6. The SMILES string of the molecule is COc1cc(-c2ccccc2F)cc2c(NCCCC(N)=O)nc(-c3cccnc3)nc12. The number of methoxy groups -OCH3 is 1. The van der Waals surface area contributed by atoms with Crippen LogP contribution in [0.4, 0.5) is 10.2 Å². The Morgan fingerprint density at radius 1 is 1.12 bits per heavy atom. The minimum atomic E-state index is -0.362. The van der Waals surface area contributed by atoms with E-state index in [9.17, 15) is 9.18 Å². The number of nitrogens with two attached hydrogens (primary N) is 1. The Hall–Kier alpha value is -4.07. The number of ether oxygens (including phenoxy) is 1. The van der Waals surface area contributed by atoms with Crippen molar-refractivity contribution < 1.29 is 13.9 Å². The fraction of sp³-hybridized carbons (Fsp3) is 0.167. The molecule has 4 rings (SSSR count). The summed E-state index contributed by atoms with van der Waals surface area (Å²) >= 11 is 0. The molecule has 0 spiro atoms. The molecule has 2 aromatic carbocycles. The Morgan fingerprint density at radius 2 is 1.97 bits per heavy atom. The van der Waals surface area contributed by atoms with Crippen molar-refractivity contribution in [3.63, 3.8) is 0 Å². The van der Waals surface area contributed by atoms with Crippen LogP contribution >= 0.6 is 0 Å². The molecule has 0 saturated heterocycles. The topological polar surface area (TPSA) is 103 Å². The fourth-order valence-electron chi connectivity index (χ4n) is 3.44. The van der Waals surface area contributed by atoms with Gasteiger partial charge < -0.3 is 15.8 Å². The van der Waals surface area contributed by atoms with E-state index in [1.54, 1.807) is 49.8 Å². The number of pyridine rings is 1. The Kier molecular flexibility index (Phi) is 6.21. The van der Waals surface area contributed by atoms with E-state index < -0.39 is 0 Å². The van der Waals surface area contributed by atoms with Gasteiger partial charge in [0.2, 0.25) is 5.91 Å². The van der Waals surface area contributed by atoms with E-state index in [2.05, 4.69) is 10.3 Å². The maximum Gasteiger partial charge on any atom is 0.217 e. The molecule has 8 heteroatoms. The summed E-state index contributed by atoms with van der Waals surface area (Å²) < 4.78 is 20.1. The van der Waals surface area contributed by atoms with Crippen LogP contribution < -0.4 is 15.8 Å². The van der Waals surface area contributed by atoms with Gasteiger partial charge in [0.05, 0.1) is 7.11 Å². The zero-order valence-electron chi connectivity index (χ0n) is 17.5. The average molecular weight is 431 g/mol. The van der Waals surface area contributed by atoms with E-state index in [-0.39, 0.29) is 18.1 Å². The first-order valence-electron chi connectivity index (χ1n) is 10.1. The molecule has 0 bridgehead atoms. The lowest BCUT2D eigenvalue weighted by Gasteiger charge is -2.15. The molecule has 0 atom stereocenters. The van der Waals surface area contributed by atoms with Crippen LogP contribution in [-0.2, 0) is 4.79 Å². The van der Waals surface area contributed by atoms with Crippen LogP contribution in [0.15, 0.2) is 60.9 Å². The van der Waals surface area contributed by atoms with Gasteiger partial charge in [0, 0.05) is 41.9 Å². The summed E-state index contributed by atoms with van der Waals surface area (Å²) in [5.74, 6) is 0.819. The van der Waals surface area contributed by atoms with E-state index in [1.807, 2.05) is 12.1 Å². The number of carbonyl (C=O) groups is 1. The molecule has 0 aliphatic carbocycles. The molecule has 0 fully saturated rings. The highest BCUT2D eigenvalue weighted by Crippen LogP contribution is 2.36. The van der Waals surface area contributed by atoms with Gasteiger partial charge in [0.25, 0.3) is 0 Å². The quantitative estimate of drug-likeness (QED) is 0.406. The standard InChI is InChI=1S/C24H22FN5O2/c1-32-20-13-16(17-7-2-3-8-19(17)25)12-18-22(20)29-23(15-6-4-10-27-14-15)30-24(18)28-11-5-9-21(26)31/h2-4,6-8,10,12-14H,5,9,11H2,1H3,(H2,26,31)(H,28,29,30). The van der Waals surface area contributed by atoms with E-state index in [0.29, 0.717) is 52.4 Å². The van der Waals surface area contributed by atoms with E-state index in [4.69, 9.17) is 20.4 Å². The molecule has 7 nitrogen and oxygen atoms in total. The smallest absolute Gasteiger partial charge is 0.217 e. The van der Waals surface area contributed by atoms with Gasteiger partial charge in [0.15, 0.2) is 5.82 Å². The molecule has 0 unspecified atom stereocenters. The van der Waals surface area contributed by atoms with Crippen molar-refractivity contribution in [2.75, 3.05) is 19.0 Å². The van der Waals surface area contributed by atoms with Gasteiger partial charge in [-0.1, -0.05) is 18.2 Å². The second-order valence-electron chi connectivity index (χ2n) is 7.19. The van der Waals surface area contributed by atoms with E-state index in [1.165, 1.54) is 6.07 Å². The van der Waals surface area contributed by atoms with Gasteiger partial charge in [0.1, 0.15) is 22.9 Å². The molecule has 0 aliphatic rings. The average Bonchev–Trinajstić information content (AvgIpc) is 2.81. The number of rotatable bonds is 8. The number of benzene rings is 2. The minimum Gasteiger partial charge on any atom is -0.494 e. The van der Waals surface area contributed by atoms with Gasteiger partial charge in [-0.05, 0) is 42.3 Å². The van der Waals surface area contributed by atoms with Crippen LogP contribution in [0.1, 0.15) is 12.8 Å². The van der Waals surface area contributed by atoms with Crippen LogP contribution in [0, 0.1) is 5.82 Å². The summed E-state index contributed by atoms with van der Waals surface area (Å²) in [5.41, 5.74) is 7.67. The fourth-order valence-corrected chi connectivity index (χ4v) is 3.44. The highest BCUT2D eigenvalue weighted by molar-refractivity contribution is 5.98. The number of amides is 1. The minimum absolute atomic E-state index is 0.259. The zero-order valence-corrected chi connectivity index (χ0v) is 17.5. The Morgan fingerprint density at radius 3 is 2.69 bits per heavy atom. The summed E-state index contributed by atoms with van der Waals surface area (Å²) in [4.78, 5) is 24.6. The lowest BCUT2D eigenvalue weighted by atomic mass is 10.0. The van der Waals surface area contributed by atoms with E-state index >= 15 is 0 Å². The first-order valence-corrected chi connectivity index (χ1v) is 10.1. The maximum absolute atomic E-state index is 14.5. The number of hydrogen-bond donors (Lipinski definition) is 2. The molecule has 0 aliphatic heterocycles. The van der Waals surface area contributed by atoms with Crippen molar-refractivity contribution >= 4 is 22.6 Å². The first kappa shape index (κ1) is 21.2. The molecule has 0 saturated carbocycles. The third-order valence-electron chi connectivity index (χ3n) is 4.98. The molecule has 4 aromatic rings. The number of nitrogens with one attached hydrogen (secondary N) is 1. The van der Waals surface area contributed by atoms with Gasteiger partial charge in [-0.2, -0.15) is 0 Å². The van der Waals surface area contributed by atoms with Crippen molar-refractivity contribution in [1.82, 2.24) is 15.0 Å². The predicted molar refractivity (Wildman–Crippen MR) is 122 cm³/mol. The molecule has 2 aromatic heterocycles. The Labute approximate surface area is 184 Å². The van der Waals surface area contributed by atoms with Crippen LogP contribution in [-0.4, -0.2) is 34.5 Å². The molecule has 3 N–H and O–H groups in total. The predicted octanol–water partition coefficient (Wildman–Crippen LogP) is 4.18. The number of carbonyl (C=O) groups excluding carboxylic acids is 1. The summed E-state index contributed by atoms with van der Waals surface area (Å²) in [6.45, 7) is 0.480. The van der Waals surface area contributed by atoms with Crippen molar-refractivity contribution in [3.05, 3.63) is 66.7 Å². The second-order valence-corrected chi connectivity index (χ2v) is 7.19. The highest BCUT2D eigenvalue weighted by Gasteiger charge is 2.16. The van der Waals surface area contributed by atoms with Gasteiger partial charge >= 0.3 is 0 Å². The third kappa shape index (κ3) is 4.49. The Bertz CT molecular complexity index is 1260. The second kappa shape index (κ2) is 9.38. The van der Waals surface area contributed by atoms with Crippen molar-refractivity contribution in [1.29, 1.82) is 0 Å². The van der Waals surface area contributed by atoms with Crippen LogP contribution in [0.5, 0.6) is 5.75 Å². The number of fused-ring (bicyclic) bond motifs is 1. The van der Waals surface area contributed by atoms with Gasteiger partial charge in [-0.15, -0.1) is 0 Å². The molecule has 0 radical (unpaired) electrons. The number of aromatic nitrogens is 3. The summed E-state index contributed by atoms with van der Waals surface area (Å²) in [6.07, 6.45) is 4.16. The maximum atomic E-state index is 14.5. The van der Waals surface area contributed by atoms with Crippen molar-refractivity contribution in [3.8, 4) is 28.3 Å². The highest BCUT2D eigenvalue weighted by atomic mass is 19.1. The van der Waals surface area contributed by atoms with Gasteiger partial charge in [-0.3, -0.25) is 9.78 Å². The van der Waals surface area contributed by atoms with Crippen LogP contribution in [0.3, 0.4) is 0 Å². The molecule has 32 heavy (non-hydrogen) atoms. The molecule has 1 amide bonds. The van der Waals surface area contributed by atoms with Crippen LogP contribution in [0.2, 0.25) is 0 Å². The zero-order chi connectivity index (χ0) is 22.5. The van der Waals surface area contributed by atoms with Crippen LogP contribution in [0.25, 0.3) is 33.4 Å². The first-order chi connectivity index (χ1) is 15.6. The molecular formula is C24H22FN5O2. The largest absolute Gasteiger partial charge is 0.494 e.